The molecule has 0 radical (unpaired) electrons. The predicted molar refractivity (Wildman–Crippen MR) is 288 cm³/mol. The van der Waals surface area contributed by atoms with Gasteiger partial charge in [-0.15, -0.1) is 11.8 Å². The molecule has 4 aromatic rings. The van der Waals surface area contributed by atoms with Crippen molar-refractivity contribution >= 4 is 92.9 Å². The number of hydrogen-bond donors (Lipinski definition) is 3. The van der Waals surface area contributed by atoms with Gasteiger partial charge in [-0.3, -0.25) is 19.8 Å². The summed E-state index contributed by atoms with van der Waals surface area (Å²) in [5, 5.41) is 7.53. The lowest BCUT2D eigenvalue weighted by molar-refractivity contribution is -0.123. The third-order valence-corrected chi connectivity index (χ3v) is 15.3. The molecule has 0 bridgehead atoms. The van der Waals surface area contributed by atoms with Crippen molar-refractivity contribution in [1.29, 1.82) is 0 Å². The molecule has 4 aromatic carbocycles. The van der Waals surface area contributed by atoms with E-state index in [4.69, 9.17) is 44.5 Å². The number of aliphatic imine (C=N–C) groups is 1. The van der Waals surface area contributed by atoms with Crippen LogP contribution in [-0.2, 0) is 25.2 Å². The van der Waals surface area contributed by atoms with Crippen LogP contribution < -0.4 is 25.8 Å². The van der Waals surface area contributed by atoms with Crippen LogP contribution in [0.15, 0.2) is 88.8 Å². The number of amides is 3. The molecule has 3 amide bonds. The van der Waals surface area contributed by atoms with Crippen molar-refractivity contribution in [2.24, 2.45) is 4.99 Å². The Morgan fingerprint density at radius 1 is 0.765 bits per heavy atom. The number of para-hydroxylation sites is 1. The Morgan fingerprint density at radius 3 is 2.07 bits per heavy atom. The number of ether oxygens (including phenoxy) is 1. The second-order valence-corrected chi connectivity index (χ2v) is 21.5. The number of halogens is 3. The van der Waals surface area contributed by atoms with Crippen LogP contribution in [0, 0.1) is 0 Å². The summed E-state index contributed by atoms with van der Waals surface area (Å²) >= 11 is 20.9. The normalized spacial score (nSPS) is 15.1. The number of hydrogen-bond acceptors (Lipinski definition) is 6. The van der Waals surface area contributed by atoms with Gasteiger partial charge in [-0.2, -0.15) is 0 Å². The largest absolute Gasteiger partial charge is 0.480 e. The molecule has 1 saturated heterocycles. The molecule has 1 fully saturated rings. The van der Waals surface area contributed by atoms with E-state index in [1.165, 1.54) is 73.7 Å². The van der Waals surface area contributed by atoms with Gasteiger partial charge in [-0.05, 0) is 96.7 Å². The summed E-state index contributed by atoms with van der Waals surface area (Å²) in [7, 11) is 0. The van der Waals surface area contributed by atoms with Crippen LogP contribution in [0.1, 0.15) is 163 Å². The molecule has 9 nitrogen and oxygen atoms in total. The first kappa shape index (κ1) is 54.7. The molecule has 0 spiro atoms. The van der Waals surface area contributed by atoms with E-state index in [2.05, 4.69) is 76.7 Å². The predicted octanol–water partition coefficient (Wildman–Crippen LogP) is 16.2. The van der Waals surface area contributed by atoms with Crippen LogP contribution in [-0.4, -0.2) is 34.9 Å². The zero-order valence-corrected chi connectivity index (χ0v) is 44.4. The topological polar surface area (TPSA) is 112 Å². The number of benzene rings is 4. The van der Waals surface area contributed by atoms with Gasteiger partial charge in [-0.1, -0.05) is 179 Å². The third kappa shape index (κ3) is 15.1. The third-order valence-electron chi connectivity index (χ3n) is 13.1. The van der Waals surface area contributed by atoms with Gasteiger partial charge in [0.25, 0.3) is 11.8 Å². The van der Waals surface area contributed by atoms with E-state index in [-0.39, 0.29) is 39.4 Å². The fourth-order valence-electron chi connectivity index (χ4n) is 7.94. The summed E-state index contributed by atoms with van der Waals surface area (Å²) in [4.78, 5) is 47.3. The van der Waals surface area contributed by atoms with Crippen molar-refractivity contribution < 1.29 is 19.1 Å². The molecule has 0 saturated carbocycles. The lowest BCUT2D eigenvalue weighted by Crippen LogP contribution is -2.36. The van der Waals surface area contributed by atoms with E-state index in [0.29, 0.717) is 56.3 Å². The SMILES string of the molecule is CCCCCCCCCCCCCC(=O)Nc1ccc(Cl)c(N=C2NN(c3ccc(Cl)cc3Cl)C(=O)C2Sc2ccccc2NC(=O)C(CC)Oc2ccc(C(C)(C)CC)cc2C(C)(C)CC)c1. The summed E-state index contributed by atoms with van der Waals surface area (Å²) in [5.41, 5.74) is 7.05. The highest BCUT2D eigenvalue weighted by Crippen LogP contribution is 2.41. The average molecular weight is 1010 g/mol. The van der Waals surface area contributed by atoms with Crippen LogP contribution in [0.4, 0.5) is 22.7 Å². The van der Waals surface area contributed by atoms with Gasteiger partial charge >= 0.3 is 0 Å². The van der Waals surface area contributed by atoms with Crippen molar-refractivity contribution in [3.05, 3.63) is 105 Å². The Hall–Kier alpha value is -4.22. The highest BCUT2D eigenvalue weighted by molar-refractivity contribution is 8.01. The summed E-state index contributed by atoms with van der Waals surface area (Å²) in [6.45, 7) is 17.4. The Bertz CT molecular complexity index is 2370. The zero-order valence-electron chi connectivity index (χ0n) is 41.3. The first-order chi connectivity index (χ1) is 32.5. The molecule has 3 N–H and O–H groups in total. The van der Waals surface area contributed by atoms with E-state index < -0.39 is 11.4 Å². The van der Waals surface area contributed by atoms with E-state index in [9.17, 15) is 14.4 Å². The van der Waals surface area contributed by atoms with Crippen LogP contribution in [0.2, 0.25) is 15.1 Å². The monoisotopic (exact) mass is 1000 g/mol. The molecule has 1 aliphatic rings. The van der Waals surface area contributed by atoms with Crippen LogP contribution in [0.5, 0.6) is 5.75 Å². The Morgan fingerprint density at radius 2 is 1.43 bits per heavy atom. The number of hydrazine groups is 1. The van der Waals surface area contributed by atoms with Crippen LogP contribution in [0.25, 0.3) is 0 Å². The number of nitrogens with one attached hydrogen (secondary N) is 3. The van der Waals surface area contributed by atoms with Gasteiger partial charge in [0.2, 0.25) is 5.91 Å². The number of anilines is 3. The molecule has 368 valence electrons. The number of carbonyl (C=O) groups excluding carboxylic acids is 3. The molecule has 68 heavy (non-hydrogen) atoms. The Kier molecular flexibility index (Phi) is 21.0. The van der Waals surface area contributed by atoms with Crippen molar-refractivity contribution in [2.45, 2.75) is 179 Å². The van der Waals surface area contributed by atoms with E-state index in [1.807, 2.05) is 31.2 Å². The summed E-state index contributed by atoms with van der Waals surface area (Å²) in [6, 6.07) is 23.7. The maximum absolute atomic E-state index is 14.5. The van der Waals surface area contributed by atoms with Crippen molar-refractivity contribution in [1.82, 2.24) is 5.43 Å². The molecule has 5 rings (SSSR count). The Labute approximate surface area is 425 Å². The second-order valence-electron chi connectivity index (χ2n) is 19.1. The maximum Gasteiger partial charge on any atom is 0.266 e. The maximum atomic E-state index is 14.5. The highest BCUT2D eigenvalue weighted by Gasteiger charge is 2.41. The van der Waals surface area contributed by atoms with Crippen molar-refractivity contribution in [3.8, 4) is 5.75 Å². The molecule has 1 aliphatic heterocycles. The fourth-order valence-corrected chi connectivity index (χ4v) is 9.67. The van der Waals surface area contributed by atoms with E-state index >= 15 is 0 Å². The summed E-state index contributed by atoms with van der Waals surface area (Å²) in [6.07, 6.45) is 15.2. The molecule has 1 heterocycles. The van der Waals surface area contributed by atoms with Gasteiger partial charge in [0.05, 0.1) is 27.1 Å². The van der Waals surface area contributed by atoms with Gasteiger partial charge in [0, 0.05) is 27.6 Å². The molecule has 2 unspecified atom stereocenters. The number of rotatable bonds is 26. The quantitative estimate of drug-likeness (QED) is 0.0540. The van der Waals surface area contributed by atoms with Crippen LogP contribution in [0.3, 0.4) is 0 Å². The van der Waals surface area contributed by atoms with Gasteiger partial charge in [0.15, 0.2) is 6.10 Å². The lowest BCUT2D eigenvalue weighted by Gasteiger charge is -2.31. The van der Waals surface area contributed by atoms with Crippen molar-refractivity contribution in [3.63, 3.8) is 0 Å². The van der Waals surface area contributed by atoms with Crippen LogP contribution >= 0.6 is 46.6 Å². The fraction of sp³-hybridized carbons (Fsp3) is 0.491. The minimum Gasteiger partial charge on any atom is -0.480 e. The smallest absolute Gasteiger partial charge is 0.266 e. The zero-order chi connectivity index (χ0) is 49.4. The first-order valence-corrected chi connectivity index (χ1v) is 26.6. The number of carbonyl (C=O) groups is 3. The minimum absolute atomic E-state index is 0.0155. The standard InChI is InChI=1S/C55H72Cl3N5O4S/c1-9-13-14-15-16-17-18-19-20-21-22-27-49(64)59-39-30-31-41(57)44(36-39)60-51-50(53(66)63(62-51)45-32-29-38(56)35-42(45)58)68-48-26-24-23-25-43(48)61-52(65)46(10-2)67-47-33-28-37(54(5,6)11-3)34-40(47)55(7,8)12-4/h23-26,28-36,46,50H,9-22,27H2,1-8H3,(H,59,64)(H,60,62)(H,61,65). The number of amidine groups is 1. The second kappa shape index (κ2) is 26.1. The average Bonchev–Trinajstić information content (AvgIpc) is 3.61. The minimum atomic E-state index is -0.932. The van der Waals surface area contributed by atoms with E-state index in [1.54, 1.807) is 42.5 Å². The van der Waals surface area contributed by atoms with Crippen molar-refractivity contribution in [2.75, 3.05) is 15.6 Å². The Balaban J connectivity index is 1.34. The first-order valence-electron chi connectivity index (χ1n) is 24.6. The molecule has 0 aliphatic carbocycles. The molecular formula is C55H72Cl3N5O4S. The van der Waals surface area contributed by atoms with E-state index in [0.717, 1.165) is 37.7 Å². The number of thioether (sulfide) groups is 1. The summed E-state index contributed by atoms with van der Waals surface area (Å²) in [5.74, 6) is 0.207. The molecule has 0 aromatic heterocycles. The van der Waals surface area contributed by atoms with Gasteiger partial charge in [0.1, 0.15) is 16.8 Å². The molecule has 2 atom stereocenters. The number of unbranched alkanes of at least 4 members (excludes halogenated alkanes) is 10. The van der Waals surface area contributed by atoms with Gasteiger partial charge in [-0.25, -0.2) is 10.0 Å². The summed E-state index contributed by atoms with van der Waals surface area (Å²) < 4.78 is 6.60. The van der Waals surface area contributed by atoms with Gasteiger partial charge < -0.3 is 15.4 Å². The molecule has 13 heteroatoms. The number of nitrogens with zero attached hydrogens (tertiary/aromatic N) is 2. The molecular weight excluding hydrogens is 933 g/mol. The lowest BCUT2D eigenvalue weighted by atomic mass is 9.76. The highest BCUT2D eigenvalue weighted by atomic mass is 35.5.